The first kappa shape index (κ1) is 11.0. The van der Waals surface area contributed by atoms with Gasteiger partial charge in [-0.05, 0) is 59.9 Å². The van der Waals surface area contributed by atoms with Gasteiger partial charge in [-0.1, -0.05) is 0 Å². The molecule has 0 heterocycles. The molecule has 1 aromatic rings. The fourth-order valence-electron chi connectivity index (χ4n) is 0.681. The quantitative estimate of drug-likeness (QED) is 0.458. The SMILES string of the molecule is O=C(O)Oc1ccc(Br)c(Br)c1Br. The Morgan fingerprint density at radius 1 is 1.23 bits per heavy atom. The molecular formula is C7H3Br3O3. The van der Waals surface area contributed by atoms with E-state index in [1.165, 1.54) is 0 Å². The molecule has 0 fully saturated rings. The molecule has 0 aromatic heterocycles. The van der Waals surface area contributed by atoms with Crippen LogP contribution in [0.25, 0.3) is 0 Å². The zero-order valence-electron chi connectivity index (χ0n) is 6.05. The molecule has 13 heavy (non-hydrogen) atoms. The Kier molecular flexibility index (Phi) is 3.75. The highest BCUT2D eigenvalue weighted by Gasteiger charge is 2.10. The first-order valence-corrected chi connectivity index (χ1v) is 5.44. The van der Waals surface area contributed by atoms with Gasteiger partial charge in [-0.25, -0.2) is 4.79 Å². The van der Waals surface area contributed by atoms with Gasteiger partial charge in [0.2, 0.25) is 0 Å². The van der Waals surface area contributed by atoms with Crippen LogP contribution < -0.4 is 4.74 Å². The summed E-state index contributed by atoms with van der Waals surface area (Å²) >= 11 is 9.71. The number of carbonyl (C=O) groups is 1. The van der Waals surface area contributed by atoms with Crippen LogP contribution in [-0.2, 0) is 0 Å². The predicted molar refractivity (Wildman–Crippen MR) is 58.2 cm³/mol. The van der Waals surface area contributed by atoms with E-state index < -0.39 is 6.16 Å². The van der Waals surface area contributed by atoms with Gasteiger partial charge < -0.3 is 9.84 Å². The van der Waals surface area contributed by atoms with E-state index in [0.717, 1.165) is 4.47 Å². The van der Waals surface area contributed by atoms with Crippen molar-refractivity contribution in [2.75, 3.05) is 0 Å². The van der Waals surface area contributed by atoms with E-state index in [1.807, 2.05) is 0 Å². The maximum absolute atomic E-state index is 10.2. The minimum absolute atomic E-state index is 0.252. The molecule has 3 nitrogen and oxygen atoms in total. The van der Waals surface area contributed by atoms with Crippen molar-refractivity contribution < 1.29 is 14.6 Å². The molecule has 0 saturated heterocycles. The van der Waals surface area contributed by atoms with Gasteiger partial charge in [0.05, 0.1) is 4.47 Å². The number of rotatable bonds is 1. The van der Waals surface area contributed by atoms with E-state index in [-0.39, 0.29) is 5.75 Å². The Labute approximate surface area is 99.5 Å². The van der Waals surface area contributed by atoms with Crippen LogP contribution in [0.15, 0.2) is 25.6 Å². The smallest absolute Gasteiger partial charge is 0.449 e. The number of halogens is 3. The Balaban J connectivity index is 3.10. The molecule has 0 aliphatic heterocycles. The lowest BCUT2D eigenvalue weighted by atomic mass is 10.3. The minimum atomic E-state index is -1.34. The Morgan fingerprint density at radius 3 is 2.38 bits per heavy atom. The molecule has 0 aliphatic rings. The highest BCUT2D eigenvalue weighted by atomic mass is 79.9. The van der Waals surface area contributed by atoms with Crippen LogP contribution in [0.3, 0.4) is 0 Å². The predicted octanol–water partition coefficient (Wildman–Crippen LogP) is 4.03. The lowest BCUT2D eigenvalue weighted by molar-refractivity contribution is 0.144. The fourth-order valence-corrected chi connectivity index (χ4v) is 2.03. The lowest BCUT2D eigenvalue weighted by Crippen LogP contribution is -2.03. The molecule has 6 heteroatoms. The van der Waals surface area contributed by atoms with Crippen molar-refractivity contribution in [1.29, 1.82) is 0 Å². The summed E-state index contributed by atoms with van der Waals surface area (Å²) in [6.45, 7) is 0. The molecule has 0 unspecified atom stereocenters. The summed E-state index contributed by atoms with van der Waals surface area (Å²) < 4.78 is 6.59. The van der Waals surface area contributed by atoms with Crippen LogP contribution in [0.5, 0.6) is 5.75 Å². The normalized spacial score (nSPS) is 9.77. The van der Waals surface area contributed by atoms with E-state index in [2.05, 4.69) is 52.5 Å². The maximum Gasteiger partial charge on any atom is 0.511 e. The van der Waals surface area contributed by atoms with Crippen molar-refractivity contribution in [3.8, 4) is 5.75 Å². The fraction of sp³-hybridized carbons (Fsp3) is 0. The third kappa shape index (κ3) is 2.69. The number of ether oxygens (including phenoxy) is 1. The number of hydrogen-bond acceptors (Lipinski definition) is 2. The highest BCUT2D eigenvalue weighted by Crippen LogP contribution is 2.37. The first-order chi connectivity index (χ1) is 6.02. The van der Waals surface area contributed by atoms with Gasteiger partial charge in [0, 0.05) is 8.95 Å². The molecule has 0 amide bonds. The standard InChI is InChI=1S/C7H3Br3O3/c8-3-1-2-4(13-7(11)12)6(10)5(3)9/h1-2H,(H,11,12). The zero-order valence-corrected chi connectivity index (χ0v) is 10.8. The zero-order chi connectivity index (χ0) is 10.0. The number of benzene rings is 1. The molecule has 1 rings (SSSR count). The van der Waals surface area contributed by atoms with Crippen LogP contribution in [0.2, 0.25) is 0 Å². The number of carboxylic acid groups (broad SMARTS) is 1. The monoisotopic (exact) mass is 372 g/mol. The summed E-state index contributed by atoms with van der Waals surface area (Å²) in [5.41, 5.74) is 0. The molecule has 0 bridgehead atoms. The average molecular weight is 375 g/mol. The largest absolute Gasteiger partial charge is 0.511 e. The Bertz CT molecular complexity index is 351. The summed E-state index contributed by atoms with van der Waals surface area (Å²) in [7, 11) is 0. The molecular weight excluding hydrogens is 372 g/mol. The van der Waals surface area contributed by atoms with Crippen molar-refractivity contribution in [1.82, 2.24) is 0 Å². The van der Waals surface area contributed by atoms with E-state index in [1.54, 1.807) is 12.1 Å². The highest BCUT2D eigenvalue weighted by molar-refractivity contribution is 9.14. The maximum atomic E-state index is 10.2. The van der Waals surface area contributed by atoms with Gasteiger partial charge >= 0.3 is 6.16 Å². The van der Waals surface area contributed by atoms with Gasteiger partial charge in [-0.3, -0.25) is 0 Å². The summed E-state index contributed by atoms with van der Waals surface area (Å²) in [5, 5.41) is 8.38. The van der Waals surface area contributed by atoms with Gasteiger partial charge in [0.1, 0.15) is 5.75 Å². The van der Waals surface area contributed by atoms with E-state index >= 15 is 0 Å². The molecule has 70 valence electrons. The van der Waals surface area contributed by atoms with Crippen molar-refractivity contribution in [3.63, 3.8) is 0 Å². The molecule has 0 atom stereocenters. The van der Waals surface area contributed by atoms with Gasteiger partial charge in [0.15, 0.2) is 0 Å². The molecule has 0 saturated carbocycles. The molecule has 0 radical (unpaired) electrons. The van der Waals surface area contributed by atoms with Crippen LogP contribution in [0.1, 0.15) is 0 Å². The molecule has 1 N–H and O–H groups in total. The van der Waals surface area contributed by atoms with Gasteiger partial charge in [-0.2, -0.15) is 0 Å². The van der Waals surface area contributed by atoms with Gasteiger partial charge in [0.25, 0.3) is 0 Å². The second-order valence-corrected chi connectivity index (χ2v) is 4.48. The topological polar surface area (TPSA) is 46.5 Å². The van der Waals surface area contributed by atoms with Crippen molar-refractivity contribution >= 4 is 53.9 Å². The van der Waals surface area contributed by atoms with Crippen LogP contribution in [-0.4, -0.2) is 11.3 Å². The summed E-state index contributed by atoms with van der Waals surface area (Å²) in [5.74, 6) is 0.252. The van der Waals surface area contributed by atoms with Crippen molar-refractivity contribution in [2.24, 2.45) is 0 Å². The van der Waals surface area contributed by atoms with Crippen LogP contribution in [0, 0.1) is 0 Å². The van der Waals surface area contributed by atoms with Gasteiger partial charge in [-0.15, -0.1) is 0 Å². The molecule has 1 aromatic carbocycles. The van der Waals surface area contributed by atoms with E-state index in [9.17, 15) is 4.79 Å². The van der Waals surface area contributed by atoms with Crippen LogP contribution in [0.4, 0.5) is 4.79 Å². The van der Waals surface area contributed by atoms with E-state index in [4.69, 9.17) is 5.11 Å². The van der Waals surface area contributed by atoms with Crippen molar-refractivity contribution in [3.05, 3.63) is 25.6 Å². The summed E-state index contributed by atoms with van der Waals surface area (Å²) in [6, 6.07) is 3.24. The Hall–Kier alpha value is -0.0700. The third-order valence-electron chi connectivity index (χ3n) is 1.20. The average Bonchev–Trinajstić information content (AvgIpc) is 2.06. The third-order valence-corrected chi connectivity index (χ3v) is 4.53. The lowest BCUT2D eigenvalue weighted by Gasteiger charge is -2.05. The summed E-state index contributed by atoms with van der Waals surface area (Å²) in [4.78, 5) is 10.2. The van der Waals surface area contributed by atoms with E-state index in [0.29, 0.717) is 8.95 Å². The minimum Gasteiger partial charge on any atom is -0.449 e. The molecule has 0 spiro atoms. The van der Waals surface area contributed by atoms with Crippen LogP contribution >= 0.6 is 47.8 Å². The number of hydrogen-bond donors (Lipinski definition) is 1. The summed E-state index contributed by atoms with van der Waals surface area (Å²) in [6.07, 6.45) is -1.34. The van der Waals surface area contributed by atoms with Crippen molar-refractivity contribution in [2.45, 2.75) is 0 Å². The first-order valence-electron chi connectivity index (χ1n) is 3.06. The molecule has 0 aliphatic carbocycles. The second-order valence-electron chi connectivity index (χ2n) is 2.04. The second kappa shape index (κ2) is 4.43. The Morgan fingerprint density at radius 2 is 1.85 bits per heavy atom.